The van der Waals surface area contributed by atoms with Crippen molar-refractivity contribution in [2.45, 2.75) is 5.60 Å². The Kier molecular flexibility index (Phi) is 4.20. The van der Waals surface area contributed by atoms with Crippen LogP contribution in [0.1, 0.15) is 27.0 Å². The highest BCUT2D eigenvalue weighted by atomic mass is 35.5. The van der Waals surface area contributed by atoms with Crippen LogP contribution in [0.25, 0.3) is 11.3 Å². The molecule has 0 fully saturated rings. The molecule has 1 unspecified atom stereocenters. The normalized spacial score (nSPS) is 17.5. The number of hydrogen-bond acceptors (Lipinski definition) is 9. The summed E-state index contributed by atoms with van der Waals surface area (Å²) in [6.45, 7) is 0. The molecular formula is C23H12Cl2N4O5. The van der Waals surface area contributed by atoms with Crippen LogP contribution in [-0.4, -0.2) is 31.6 Å². The Balaban J connectivity index is 1.75. The molecule has 168 valence electrons. The third kappa shape index (κ3) is 2.56. The summed E-state index contributed by atoms with van der Waals surface area (Å²) in [6.07, 6.45) is 0. The summed E-state index contributed by atoms with van der Waals surface area (Å²) in [7, 11) is 0. The average molecular weight is 495 g/mol. The van der Waals surface area contributed by atoms with Gasteiger partial charge in [0.25, 0.3) is 0 Å². The molecule has 3 heterocycles. The summed E-state index contributed by atoms with van der Waals surface area (Å²) in [5.74, 6) is -0.608. The number of esters is 1. The Morgan fingerprint density at radius 3 is 2.59 bits per heavy atom. The Hall–Kier alpha value is -4.08. The van der Waals surface area contributed by atoms with Crippen LogP contribution >= 0.6 is 23.2 Å². The highest BCUT2D eigenvalue weighted by Gasteiger charge is 2.55. The number of aromatic hydroxyl groups is 2. The van der Waals surface area contributed by atoms with Crippen molar-refractivity contribution in [2.75, 3.05) is 5.73 Å². The van der Waals surface area contributed by atoms with Crippen LogP contribution in [-0.2, 0) is 10.3 Å². The van der Waals surface area contributed by atoms with Gasteiger partial charge < -0.3 is 25.4 Å². The largest absolute Gasteiger partial charge is 0.508 e. The molecule has 1 aromatic heterocycles. The van der Waals surface area contributed by atoms with Crippen molar-refractivity contribution in [3.8, 4) is 34.3 Å². The molecule has 1 spiro atoms. The molecule has 0 aliphatic carbocycles. The van der Waals surface area contributed by atoms with Gasteiger partial charge in [-0.25, -0.2) is 4.79 Å². The molecule has 0 amide bonds. The van der Waals surface area contributed by atoms with Crippen LogP contribution in [0.15, 0.2) is 48.5 Å². The van der Waals surface area contributed by atoms with Crippen LogP contribution in [0.4, 0.5) is 5.69 Å². The van der Waals surface area contributed by atoms with Crippen molar-refractivity contribution < 1.29 is 24.5 Å². The third-order valence-corrected chi connectivity index (χ3v) is 6.62. The minimum absolute atomic E-state index is 0.0104. The number of benzene rings is 3. The van der Waals surface area contributed by atoms with E-state index >= 15 is 0 Å². The number of halogens is 2. The smallest absolute Gasteiger partial charge is 0.340 e. The van der Waals surface area contributed by atoms with E-state index in [0.717, 1.165) is 0 Å². The number of hydrogen-bond donors (Lipinski definition) is 3. The van der Waals surface area contributed by atoms with Crippen LogP contribution < -0.4 is 10.5 Å². The van der Waals surface area contributed by atoms with E-state index in [9.17, 15) is 15.0 Å². The molecule has 4 N–H and O–H groups in total. The molecule has 11 heteroatoms. The number of carbonyl (C=O) groups is 1. The van der Waals surface area contributed by atoms with Crippen molar-refractivity contribution >= 4 is 34.9 Å². The van der Waals surface area contributed by atoms with E-state index in [-0.39, 0.29) is 55.7 Å². The molecule has 0 bridgehead atoms. The molecular weight excluding hydrogens is 483 g/mol. The van der Waals surface area contributed by atoms with Crippen molar-refractivity contribution in [1.82, 2.24) is 15.4 Å². The molecule has 1 atom stereocenters. The SMILES string of the molecule is Nc1c(-c2nnnc(Cl)c2Cl)c(O)cc2c1C1(OC(=O)c3ccccc31)c1ccc(O)cc1O2. The summed E-state index contributed by atoms with van der Waals surface area (Å²) in [4.78, 5) is 13.0. The number of nitrogen functional groups attached to an aromatic ring is 1. The number of phenolic OH excluding ortho intramolecular Hbond substituents is 2. The van der Waals surface area contributed by atoms with Gasteiger partial charge >= 0.3 is 5.97 Å². The fraction of sp³-hybridized carbons (Fsp3) is 0.0435. The number of nitrogens with zero attached hydrogens (tertiary/aromatic N) is 3. The molecule has 9 nitrogen and oxygen atoms in total. The molecule has 3 aromatic carbocycles. The molecule has 4 aromatic rings. The topological polar surface area (TPSA) is 141 Å². The quantitative estimate of drug-likeness (QED) is 0.259. The number of ether oxygens (including phenoxy) is 2. The highest BCUT2D eigenvalue weighted by molar-refractivity contribution is 6.42. The molecule has 2 aliphatic rings. The number of anilines is 1. The zero-order valence-corrected chi connectivity index (χ0v) is 18.4. The highest BCUT2D eigenvalue weighted by Crippen LogP contribution is 2.60. The lowest BCUT2D eigenvalue weighted by Crippen LogP contribution is -2.34. The lowest BCUT2D eigenvalue weighted by Gasteiger charge is -2.37. The maximum absolute atomic E-state index is 13.0. The zero-order valence-electron chi connectivity index (χ0n) is 16.9. The van der Waals surface area contributed by atoms with Crippen molar-refractivity contribution in [3.05, 3.63) is 81.0 Å². The second kappa shape index (κ2) is 6.96. The Morgan fingerprint density at radius 2 is 1.76 bits per heavy atom. The molecule has 6 rings (SSSR count). The van der Waals surface area contributed by atoms with Crippen molar-refractivity contribution in [1.29, 1.82) is 0 Å². The lowest BCUT2D eigenvalue weighted by molar-refractivity contribution is 0.0227. The summed E-state index contributed by atoms with van der Waals surface area (Å²) >= 11 is 12.3. The van der Waals surface area contributed by atoms with Crippen molar-refractivity contribution in [2.24, 2.45) is 0 Å². The zero-order chi connectivity index (χ0) is 23.8. The van der Waals surface area contributed by atoms with Gasteiger partial charge in [-0.15, -0.1) is 10.2 Å². The first-order chi connectivity index (χ1) is 16.3. The number of rotatable bonds is 1. The average Bonchev–Trinajstić information content (AvgIpc) is 3.09. The van der Waals surface area contributed by atoms with E-state index in [2.05, 4.69) is 15.4 Å². The summed E-state index contributed by atoms with van der Waals surface area (Å²) in [6, 6.07) is 12.6. The fourth-order valence-corrected chi connectivity index (χ4v) is 4.84. The number of phenols is 2. The van der Waals surface area contributed by atoms with E-state index in [1.54, 1.807) is 30.3 Å². The van der Waals surface area contributed by atoms with E-state index < -0.39 is 11.6 Å². The summed E-state index contributed by atoms with van der Waals surface area (Å²) in [5, 5.41) is 31.8. The number of carbonyl (C=O) groups excluding carboxylic acids is 1. The van der Waals surface area contributed by atoms with Crippen LogP contribution in [0.3, 0.4) is 0 Å². The molecule has 0 saturated heterocycles. The van der Waals surface area contributed by atoms with Gasteiger partial charge in [0, 0.05) is 23.3 Å². The molecule has 0 radical (unpaired) electrons. The van der Waals surface area contributed by atoms with Gasteiger partial charge in [-0.3, -0.25) is 0 Å². The number of aromatic nitrogens is 3. The van der Waals surface area contributed by atoms with Crippen LogP contribution in [0, 0.1) is 0 Å². The summed E-state index contributed by atoms with van der Waals surface area (Å²) < 4.78 is 12.1. The Labute approximate surface area is 201 Å². The van der Waals surface area contributed by atoms with Crippen molar-refractivity contribution in [3.63, 3.8) is 0 Å². The predicted octanol–water partition coefficient (Wildman–Crippen LogP) is 4.41. The monoisotopic (exact) mass is 494 g/mol. The van der Waals surface area contributed by atoms with E-state index in [1.807, 2.05) is 0 Å². The van der Waals surface area contributed by atoms with Gasteiger partial charge in [-0.05, 0) is 23.4 Å². The standard InChI is InChI=1S/C23H12Cl2N4O5/c24-18-20(27-29-28-21(18)25)16-13(31)8-15-17(19(16)26)23(12-6-5-9(30)7-14(12)33-15)11-4-2-1-3-10(11)22(32)34-23/h1-8,30-31H,26H2. The van der Waals surface area contributed by atoms with Crippen LogP contribution in [0.5, 0.6) is 23.0 Å². The number of fused-ring (bicyclic) bond motifs is 6. The van der Waals surface area contributed by atoms with Gasteiger partial charge in [0.2, 0.25) is 0 Å². The van der Waals surface area contributed by atoms with E-state index in [4.69, 9.17) is 38.4 Å². The Bertz CT molecular complexity index is 1560. The minimum atomic E-state index is -1.53. The fourth-order valence-electron chi connectivity index (χ4n) is 4.55. The van der Waals surface area contributed by atoms with E-state index in [0.29, 0.717) is 16.7 Å². The summed E-state index contributed by atoms with van der Waals surface area (Å²) in [5.41, 5.74) is 6.63. The maximum Gasteiger partial charge on any atom is 0.340 e. The van der Waals surface area contributed by atoms with Gasteiger partial charge in [-0.2, -0.15) is 0 Å². The van der Waals surface area contributed by atoms with E-state index in [1.165, 1.54) is 18.2 Å². The lowest BCUT2D eigenvalue weighted by atomic mass is 9.76. The molecule has 0 saturated carbocycles. The maximum atomic E-state index is 13.0. The number of nitrogens with two attached hydrogens (primary N) is 1. The van der Waals surface area contributed by atoms with Gasteiger partial charge in [0.1, 0.15) is 33.7 Å². The first-order valence-corrected chi connectivity index (χ1v) is 10.6. The van der Waals surface area contributed by atoms with Crippen LogP contribution in [0.2, 0.25) is 10.2 Å². The Morgan fingerprint density at radius 1 is 0.971 bits per heavy atom. The first kappa shape index (κ1) is 20.5. The van der Waals surface area contributed by atoms with Gasteiger partial charge in [-0.1, -0.05) is 41.4 Å². The van der Waals surface area contributed by atoms with Gasteiger partial charge in [0.05, 0.1) is 22.4 Å². The predicted molar refractivity (Wildman–Crippen MR) is 121 cm³/mol. The molecule has 2 aliphatic heterocycles. The first-order valence-electron chi connectivity index (χ1n) is 9.87. The van der Waals surface area contributed by atoms with Gasteiger partial charge in [0.15, 0.2) is 10.8 Å². The minimum Gasteiger partial charge on any atom is -0.508 e. The molecule has 34 heavy (non-hydrogen) atoms. The third-order valence-electron chi connectivity index (χ3n) is 5.90. The second-order valence-corrected chi connectivity index (χ2v) is 8.44. The second-order valence-electron chi connectivity index (χ2n) is 7.70.